The maximum Gasteiger partial charge on any atom is 0.262 e. The Bertz CT molecular complexity index is 1030. The molecule has 0 aliphatic rings. The molecule has 28 heavy (non-hydrogen) atoms. The number of carbonyl (C=O) groups is 1. The van der Waals surface area contributed by atoms with Gasteiger partial charge in [-0.25, -0.2) is 4.39 Å². The molecule has 3 aromatic carbocycles. The zero-order valence-electron chi connectivity index (χ0n) is 14.5. The lowest BCUT2D eigenvalue weighted by atomic mass is 10.2. The third-order valence-electron chi connectivity index (χ3n) is 3.67. The van der Waals surface area contributed by atoms with Gasteiger partial charge in [-0.05, 0) is 64.0 Å². The monoisotopic (exact) mass is 460 g/mol. The second-order valence-corrected chi connectivity index (χ2v) is 6.98. The van der Waals surface area contributed by atoms with Crippen LogP contribution in [0.4, 0.5) is 15.8 Å². The van der Waals surface area contributed by atoms with Gasteiger partial charge in [-0.3, -0.25) is 9.79 Å². The van der Waals surface area contributed by atoms with E-state index in [-0.39, 0.29) is 12.3 Å². The Hall–Kier alpha value is -2.70. The van der Waals surface area contributed by atoms with Crippen LogP contribution in [-0.4, -0.2) is 18.7 Å². The van der Waals surface area contributed by atoms with E-state index >= 15 is 0 Å². The lowest BCUT2D eigenvalue weighted by Crippen LogP contribution is -2.20. The Kier molecular flexibility index (Phi) is 6.79. The predicted octanol–water partition coefficient (Wildman–Crippen LogP) is 6.01. The highest BCUT2D eigenvalue weighted by Crippen LogP contribution is 2.27. The van der Waals surface area contributed by atoms with Crippen molar-refractivity contribution in [1.29, 1.82) is 0 Å². The number of benzene rings is 3. The number of halogens is 3. The Morgan fingerprint density at radius 1 is 1.14 bits per heavy atom. The smallest absolute Gasteiger partial charge is 0.262 e. The molecular formula is C21H15BrClFN2O2. The predicted molar refractivity (Wildman–Crippen MR) is 113 cm³/mol. The summed E-state index contributed by atoms with van der Waals surface area (Å²) in [5, 5.41) is 2.79. The first-order valence-corrected chi connectivity index (χ1v) is 9.45. The fourth-order valence-electron chi connectivity index (χ4n) is 2.31. The van der Waals surface area contributed by atoms with Crippen LogP contribution in [-0.2, 0) is 4.79 Å². The maximum absolute atomic E-state index is 13.5. The van der Waals surface area contributed by atoms with Gasteiger partial charge in [-0.15, -0.1) is 0 Å². The van der Waals surface area contributed by atoms with Crippen molar-refractivity contribution in [2.24, 2.45) is 4.99 Å². The van der Waals surface area contributed by atoms with Gasteiger partial charge in [-0.1, -0.05) is 35.9 Å². The van der Waals surface area contributed by atoms with Crippen molar-refractivity contribution in [3.8, 4) is 5.75 Å². The van der Waals surface area contributed by atoms with Gasteiger partial charge in [0.1, 0.15) is 11.6 Å². The molecule has 0 aromatic heterocycles. The van der Waals surface area contributed by atoms with E-state index in [0.717, 1.165) is 15.7 Å². The number of ether oxygens (including phenoxy) is 1. The molecule has 3 aromatic rings. The molecule has 0 heterocycles. The van der Waals surface area contributed by atoms with E-state index in [1.165, 1.54) is 12.1 Å². The SMILES string of the molecule is O=C(COc1ccc(C=Nc2ccccc2Br)cc1Cl)Nc1ccccc1F. The standard InChI is InChI=1S/C21H15BrClFN2O2/c22-15-5-1-3-7-18(15)25-12-14-9-10-20(16(23)11-14)28-13-21(27)26-19-8-4-2-6-17(19)24/h1-12H,13H2,(H,26,27). The second-order valence-electron chi connectivity index (χ2n) is 5.72. The summed E-state index contributed by atoms with van der Waals surface area (Å²) in [6.45, 7) is -0.293. The fraction of sp³-hybridized carbons (Fsp3) is 0.0476. The van der Waals surface area contributed by atoms with E-state index < -0.39 is 11.7 Å². The van der Waals surface area contributed by atoms with Crippen molar-refractivity contribution in [3.63, 3.8) is 0 Å². The number of hydrogen-bond acceptors (Lipinski definition) is 3. The molecular weight excluding hydrogens is 447 g/mol. The normalized spacial score (nSPS) is 10.8. The summed E-state index contributed by atoms with van der Waals surface area (Å²) in [4.78, 5) is 16.3. The summed E-state index contributed by atoms with van der Waals surface area (Å²) in [7, 11) is 0. The molecule has 0 atom stereocenters. The van der Waals surface area contributed by atoms with Crippen LogP contribution in [0.1, 0.15) is 5.56 Å². The maximum atomic E-state index is 13.5. The molecule has 0 spiro atoms. The molecule has 142 valence electrons. The fourth-order valence-corrected chi connectivity index (χ4v) is 2.94. The Morgan fingerprint density at radius 3 is 2.64 bits per heavy atom. The number of para-hydroxylation sites is 2. The lowest BCUT2D eigenvalue weighted by Gasteiger charge is -2.09. The molecule has 1 amide bonds. The summed E-state index contributed by atoms with van der Waals surface area (Å²) in [6.07, 6.45) is 1.68. The summed E-state index contributed by atoms with van der Waals surface area (Å²) >= 11 is 9.66. The Morgan fingerprint density at radius 2 is 1.89 bits per heavy atom. The molecule has 0 fully saturated rings. The molecule has 0 aliphatic heterocycles. The molecule has 0 bridgehead atoms. The first-order valence-electron chi connectivity index (χ1n) is 8.28. The zero-order chi connectivity index (χ0) is 19.9. The first kappa shape index (κ1) is 20.0. The number of hydrogen-bond donors (Lipinski definition) is 1. The van der Waals surface area contributed by atoms with Crippen LogP contribution >= 0.6 is 27.5 Å². The van der Waals surface area contributed by atoms with Crippen molar-refractivity contribution in [2.75, 3.05) is 11.9 Å². The highest BCUT2D eigenvalue weighted by atomic mass is 79.9. The molecule has 1 N–H and O–H groups in total. The van der Waals surface area contributed by atoms with Crippen LogP contribution in [0, 0.1) is 5.82 Å². The van der Waals surface area contributed by atoms with E-state index in [1.54, 1.807) is 36.5 Å². The molecule has 0 aliphatic carbocycles. The summed E-state index contributed by atoms with van der Waals surface area (Å²) in [6, 6.07) is 18.6. The molecule has 0 saturated carbocycles. The highest BCUT2D eigenvalue weighted by molar-refractivity contribution is 9.10. The van der Waals surface area contributed by atoms with Crippen LogP contribution in [0.5, 0.6) is 5.75 Å². The van der Waals surface area contributed by atoms with Gasteiger partial charge in [0.05, 0.1) is 16.4 Å². The van der Waals surface area contributed by atoms with Crippen molar-refractivity contribution < 1.29 is 13.9 Å². The molecule has 3 rings (SSSR count). The van der Waals surface area contributed by atoms with Crippen molar-refractivity contribution in [1.82, 2.24) is 0 Å². The number of nitrogens with zero attached hydrogens (tertiary/aromatic N) is 1. The molecule has 7 heteroatoms. The van der Waals surface area contributed by atoms with Crippen molar-refractivity contribution in [2.45, 2.75) is 0 Å². The van der Waals surface area contributed by atoms with Gasteiger partial charge >= 0.3 is 0 Å². The van der Waals surface area contributed by atoms with Gasteiger partial charge in [0.2, 0.25) is 0 Å². The van der Waals surface area contributed by atoms with Crippen LogP contribution in [0.2, 0.25) is 5.02 Å². The van der Waals surface area contributed by atoms with Gasteiger partial charge in [0.15, 0.2) is 6.61 Å². The van der Waals surface area contributed by atoms with E-state index in [0.29, 0.717) is 10.8 Å². The minimum absolute atomic E-state index is 0.0980. The molecule has 4 nitrogen and oxygen atoms in total. The molecule has 0 saturated heterocycles. The van der Waals surface area contributed by atoms with E-state index in [1.807, 2.05) is 24.3 Å². The van der Waals surface area contributed by atoms with Gasteiger partial charge < -0.3 is 10.1 Å². The van der Waals surface area contributed by atoms with Crippen molar-refractivity contribution in [3.05, 3.63) is 87.6 Å². The van der Waals surface area contributed by atoms with Gasteiger partial charge in [0, 0.05) is 10.7 Å². The lowest BCUT2D eigenvalue weighted by molar-refractivity contribution is -0.118. The number of rotatable bonds is 6. The number of carbonyl (C=O) groups excluding carboxylic acids is 1. The van der Waals surface area contributed by atoms with Crippen LogP contribution in [0.3, 0.4) is 0 Å². The minimum atomic E-state index is -0.512. The number of anilines is 1. The number of aliphatic imine (C=N–C) groups is 1. The summed E-state index contributed by atoms with van der Waals surface area (Å²) < 4.78 is 19.9. The van der Waals surface area contributed by atoms with Crippen LogP contribution < -0.4 is 10.1 Å². The first-order chi connectivity index (χ1) is 13.5. The average Bonchev–Trinajstić information content (AvgIpc) is 2.68. The average molecular weight is 462 g/mol. The number of nitrogens with one attached hydrogen (secondary N) is 1. The third-order valence-corrected chi connectivity index (χ3v) is 4.63. The molecule has 0 unspecified atom stereocenters. The Labute approximate surface area is 175 Å². The zero-order valence-corrected chi connectivity index (χ0v) is 16.9. The topological polar surface area (TPSA) is 50.7 Å². The number of amides is 1. The largest absolute Gasteiger partial charge is 0.482 e. The van der Waals surface area contributed by atoms with Crippen LogP contribution in [0.25, 0.3) is 0 Å². The van der Waals surface area contributed by atoms with Gasteiger partial charge in [0.25, 0.3) is 5.91 Å². The second kappa shape index (κ2) is 9.48. The minimum Gasteiger partial charge on any atom is -0.482 e. The quantitative estimate of drug-likeness (QED) is 0.457. The highest BCUT2D eigenvalue weighted by Gasteiger charge is 2.09. The van der Waals surface area contributed by atoms with Crippen molar-refractivity contribution >= 4 is 51.0 Å². The van der Waals surface area contributed by atoms with Crippen LogP contribution in [0.15, 0.2) is 76.2 Å². The van der Waals surface area contributed by atoms with Gasteiger partial charge in [-0.2, -0.15) is 0 Å². The molecule has 0 radical (unpaired) electrons. The summed E-state index contributed by atoms with van der Waals surface area (Å²) in [5.74, 6) is -0.647. The van der Waals surface area contributed by atoms with E-state index in [9.17, 15) is 9.18 Å². The van der Waals surface area contributed by atoms with E-state index in [2.05, 4.69) is 26.2 Å². The Balaban J connectivity index is 1.60. The third kappa shape index (κ3) is 5.41. The summed E-state index contributed by atoms with van der Waals surface area (Å²) in [5.41, 5.74) is 1.67. The van der Waals surface area contributed by atoms with E-state index in [4.69, 9.17) is 16.3 Å².